The molecule has 0 amide bonds. The van der Waals surface area contributed by atoms with Gasteiger partial charge < -0.3 is 15.5 Å². The number of rotatable bonds is 4. The molecule has 0 atom stereocenters. The predicted molar refractivity (Wildman–Crippen MR) is 75.4 cm³/mol. The molecule has 8 nitrogen and oxygen atoms in total. The number of aromatic amines is 1. The van der Waals surface area contributed by atoms with Crippen molar-refractivity contribution < 1.29 is 9.53 Å². The van der Waals surface area contributed by atoms with Gasteiger partial charge in [-0.3, -0.25) is 9.59 Å². The van der Waals surface area contributed by atoms with Gasteiger partial charge in [0.05, 0.1) is 18.6 Å². The molecular formula is C13H15N5O3. The molecule has 0 aliphatic carbocycles. The van der Waals surface area contributed by atoms with Gasteiger partial charge in [-0.15, -0.1) is 0 Å². The topological polar surface area (TPSA) is 124 Å². The molecule has 0 spiro atoms. The molecule has 2 aromatic rings. The highest BCUT2D eigenvalue weighted by molar-refractivity contribution is 5.74. The van der Waals surface area contributed by atoms with Crippen LogP contribution in [0.4, 0.5) is 5.82 Å². The van der Waals surface area contributed by atoms with E-state index in [2.05, 4.69) is 19.9 Å². The first-order valence-electron chi connectivity index (χ1n) is 6.34. The summed E-state index contributed by atoms with van der Waals surface area (Å²) in [5, 5.41) is 0. The number of nitrogens with zero attached hydrogens (tertiary/aromatic N) is 3. The first-order valence-corrected chi connectivity index (χ1v) is 6.34. The summed E-state index contributed by atoms with van der Waals surface area (Å²) in [4.78, 5) is 38.1. The Morgan fingerprint density at radius 1 is 1.38 bits per heavy atom. The molecule has 0 aromatic carbocycles. The Bertz CT molecular complexity index is 709. The van der Waals surface area contributed by atoms with Crippen molar-refractivity contribution in [3.8, 4) is 11.6 Å². The van der Waals surface area contributed by atoms with E-state index in [1.807, 2.05) is 6.92 Å². The van der Waals surface area contributed by atoms with Gasteiger partial charge in [0.15, 0.2) is 11.6 Å². The molecule has 0 unspecified atom stereocenters. The molecule has 0 saturated heterocycles. The van der Waals surface area contributed by atoms with Crippen LogP contribution in [-0.2, 0) is 16.0 Å². The van der Waals surface area contributed by atoms with Crippen LogP contribution in [0.5, 0.6) is 0 Å². The number of nitrogens with one attached hydrogen (secondary N) is 1. The van der Waals surface area contributed by atoms with Crippen molar-refractivity contribution in [3.05, 3.63) is 33.9 Å². The number of nitrogen functional groups attached to an aromatic ring is 1. The summed E-state index contributed by atoms with van der Waals surface area (Å²) in [6.45, 7) is 3.76. The number of H-pyrrole nitrogens is 1. The van der Waals surface area contributed by atoms with Gasteiger partial charge in [0.2, 0.25) is 0 Å². The van der Waals surface area contributed by atoms with Crippen LogP contribution in [0.1, 0.15) is 18.1 Å². The number of nitrogens with two attached hydrogens (primary N) is 1. The van der Waals surface area contributed by atoms with Crippen LogP contribution < -0.4 is 11.3 Å². The van der Waals surface area contributed by atoms with E-state index < -0.39 is 11.5 Å². The number of anilines is 1. The molecule has 0 aliphatic heterocycles. The monoisotopic (exact) mass is 289 g/mol. The maximum Gasteiger partial charge on any atom is 0.310 e. The van der Waals surface area contributed by atoms with Crippen molar-refractivity contribution >= 4 is 11.8 Å². The number of aromatic nitrogens is 4. The van der Waals surface area contributed by atoms with Gasteiger partial charge in [-0.25, -0.2) is 15.0 Å². The molecule has 2 aromatic heterocycles. The Kier molecular flexibility index (Phi) is 4.27. The summed E-state index contributed by atoms with van der Waals surface area (Å²) in [5.41, 5.74) is 6.19. The third-order valence-corrected chi connectivity index (χ3v) is 2.67. The van der Waals surface area contributed by atoms with Crippen LogP contribution in [-0.4, -0.2) is 32.5 Å². The average Bonchev–Trinajstić information content (AvgIpc) is 2.44. The second-order valence-corrected chi connectivity index (χ2v) is 4.34. The molecule has 0 bridgehead atoms. The zero-order valence-electron chi connectivity index (χ0n) is 11.7. The highest BCUT2D eigenvalue weighted by Gasteiger charge is 2.15. The molecule has 0 aliphatic rings. The lowest BCUT2D eigenvalue weighted by molar-refractivity contribution is -0.142. The number of hydrogen-bond acceptors (Lipinski definition) is 7. The van der Waals surface area contributed by atoms with E-state index in [9.17, 15) is 9.59 Å². The van der Waals surface area contributed by atoms with Gasteiger partial charge in [0, 0.05) is 12.4 Å². The molecule has 0 fully saturated rings. The minimum Gasteiger partial charge on any atom is -0.466 e. The molecule has 3 N–H and O–H groups in total. The molecule has 0 radical (unpaired) electrons. The average molecular weight is 289 g/mol. The maximum absolute atomic E-state index is 12.0. The number of carbonyl (C=O) groups is 1. The Hall–Kier alpha value is -2.77. The minimum absolute atomic E-state index is 0.0361. The van der Waals surface area contributed by atoms with Crippen molar-refractivity contribution in [2.75, 3.05) is 12.3 Å². The van der Waals surface area contributed by atoms with Crippen LogP contribution in [0.15, 0.2) is 17.2 Å². The Morgan fingerprint density at radius 3 is 2.62 bits per heavy atom. The lowest BCUT2D eigenvalue weighted by Crippen LogP contribution is -2.22. The summed E-state index contributed by atoms with van der Waals surface area (Å²) in [6, 6.07) is 0. The first-order chi connectivity index (χ1) is 10.0. The normalized spacial score (nSPS) is 10.4. The Balaban J connectivity index is 2.35. The van der Waals surface area contributed by atoms with E-state index >= 15 is 0 Å². The van der Waals surface area contributed by atoms with Gasteiger partial charge in [-0.05, 0) is 19.4 Å². The molecule has 21 heavy (non-hydrogen) atoms. The van der Waals surface area contributed by atoms with Crippen LogP contribution in [0.2, 0.25) is 0 Å². The smallest absolute Gasteiger partial charge is 0.310 e. The SMILES string of the molecule is CCOC(=O)Cc1c(N)nc(-c2ncc(C)cn2)[nH]c1=O. The van der Waals surface area contributed by atoms with E-state index in [1.54, 1.807) is 19.3 Å². The van der Waals surface area contributed by atoms with E-state index in [1.165, 1.54) is 0 Å². The Labute approximate surface area is 120 Å². The molecule has 2 heterocycles. The zero-order valence-corrected chi connectivity index (χ0v) is 11.7. The third kappa shape index (κ3) is 3.41. The van der Waals surface area contributed by atoms with Crippen LogP contribution >= 0.6 is 0 Å². The first kappa shape index (κ1) is 14.6. The summed E-state index contributed by atoms with van der Waals surface area (Å²) >= 11 is 0. The quantitative estimate of drug-likeness (QED) is 0.771. The minimum atomic E-state index is -0.532. The second-order valence-electron chi connectivity index (χ2n) is 4.34. The van der Waals surface area contributed by atoms with Crippen molar-refractivity contribution in [3.63, 3.8) is 0 Å². The lowest BCUT2D eigenvalue weighted by Gasteiger charge is -2.06. The van der Waals surface area contributed by atoms with Gasteiger partial charge in [0.25, 0.3) is 5.56 Å². The number of carbonyl (C=O) groups excluding carboxylic acids is 1. The van der Waals surface area contributed by atoms with Crippen molar-refractivity contribution in [2.45, 2.75) is 20.3 Å². The van der Waals surface area contributed by atoms with Crippen LogP contribution in [0, 0.1) is 6.92 Å². The molecular weight excluding hydrogens is 274 g/mol. The van der Waals surface area contributed by atoms with Gasteiger partial charge in [-0.2, -0.15) is 0 Å². The van der Waals surface area contributed by atoms with E-state index in [0.29, 0.717) is 0 Å². The van der Waals surface area contributed by atoms with E-state index in [0.717, 1.165) is 5.56 Å². The van der Waals surface area contributed by atoms with Crippen molar-refractivity contribution in [1.29, 1.82) is 0 Å². The number of ether oxygens (including phenoxy) is 1. The van der Waals surface area contributed by atoms with Gasteiger partial charge in [-0.1, -0.05) is 0 Å². The van der Waals surface area contributed by atoms with Gasteiger partial charge in [0.1, 0.15) is 5.82 Å². The number of aryl methyl sites for hydroxylation is 1. The summed E-state index contributed by atoms with van der Waals surface area (Å²) < 4.78 is 4.78. The molecule has 8 heteroatoms. The fraction of sp³-hybridized carbons (Fsp3) is 0.308. The molecule has 0 saturated carbocycles. The Morgan fingerprint density at radius 2 is 2.05 bits per heavy atom. The van der Waals surface area contributed by atoms with Gasteiger partial charge >= 0.3 is 5.97 Å². The molecule has 2 rings (SSSR count). The van der Waals surface area contributed by atoms with E-state index in [4.69, 9.17) is 10.5 Å². The molecule has 110 valence electrons. The largest absolute Gasteiger partial charge is 0.466 e. The van der Waals surface area contributed by atoms with Crippen molar-refractivity contribution in [1.82, 2.24) is 19.9 Å². The summed E-state index contributed by atoms with van der Waals surface area (Å²) in [5.74, 6) is -0.154. The summed E-state index contributed by atoms with van der Waals surface area (Å²) in [7, 11) is 0. The summed E-state index contributed by atoms with van der Waals surface area (Å²) in [6.07, 6.45) is 2.98. The highest BCUT2D eigenvalue weighted by Crippen LogP contribution is 2.11. The maximum atomic E-state index is 12.0. The number of hydrogen-bond donors (Lipinski definition) is 2. The third-order valence-electron chi connectivity index (χ3n) is 2.67. The number of esters is 1. The van der Waals surface area contributed by atoms with Crippen LogP contribution in [0.25, 0.3) is 11.6 Å². The van der Waals surface area contributed by atoms with E-state index in [-0.39, 0.29) is 36.1 Å². The van der Waals surface area contributed by atoms with Crippen LogP contribution in [0.3, 0.4) is 0 Å². The van der Waals surface area contributed by atoms with Crippen molar-refractivity contribution in [2.24, 2.45) is 0 Å². The zero-order chi connectivity index (χ0) is 15.4. The standard InChI is InChI=1S/C13H15N5O3/c1-3-21-9(19)4-8-10(14)17-12(18-13(8)20)11-15-5-7(2)6-16-11/h5-6H,3-4H2,1-2H3,(H3,14,17,18,20). The highest BCUT2D eigenvalue weighted by atomic mass is 16.5. The fourth-order valence-electron chi connectivity index (χ4n) is 1.66. The predicted octanol–water partition coefficient (Wildman–Crippen LogP) is 0.223. The second kappa shape index (κ2) is 6.12. The lowest BCUT2D eigenvalue weighted by atomic mass is 10.2. The fourth-order valence-corrected chi connectivity index (χ4v) is 1.66.